The van der Waals surface area contributed by atoms with Crippen LogP contribution in [0, 0.1) is 0 Å². The molecular weight excluding hydrogens is 420 g/mol. The molecule has 0 atom stereocenters. The average Bonchev–Trinajstić information content (AvgIpc) is 2.81. The Kier molecular flexibility index (Phi) is 6.72. The quantitative estimate of drug-likeness (QED) is 0.311. The van der Waals surface area contributed by atoms with Crippen LogP contribution < -0.4 is 10.3 Å². The summed E-state index contributed by atoms with van der Waals surface area (Å²) in [5, 5.41) is 13.7. The van der Waals surface area contributed by atoms with E-state index in [-0.39, 0.29) is 0 Å². The van der Waals surface area contributed by atoms with Gasteiger partial charge in [-0.15, -0.1) is 10.2 Å². The molecule has 6 nitrogen and oxygen atoms in total. The Labute approximate surface area is 192 Å². The van der Waals surface area contributed by atoms with Gasteiger partial charge in [-0.3, -0.25) is 5.43 Å². The summed E-state index contributed by atoms with van der Waals surface area (Å²) in [6.45, 7) is 0. The summed E-state index contributed by atoms with van der Waals surface area (Å²) in [6, 6.07) is 25.6. The summed E-state index contributed by atoms with van der Waals surface area (Å²) in [5.74, 6) is 1.07. The fourth-order valence-electron chi connectivity index (χ4n) is 3.14. The number of anilines is 2. The van der Waals surface area contributed by atoms with Gasteiger partial charge < -0.3 is 4.90 Å². The molecule has 0 saturated heterocycles. The summed E-state index contributed by atoms with van der Waals surface area (Å²) in [7, 11) is 4.02. The van der Waals surface area contributed by atoms with E-state index in [1.165, 1.54) is 0 Å². The smallest absolute Gasteiger partial charge is 0.191 e. The minimum absolute atomic E-state index is 0.505. The first-order valence-corrected chi connectivity index (χ1v) is 10.6. The number of benzene rings is 3. The van der Waals surface area contributed by atoms with Gasteiger partial charge in [-0.25, -0.2) is 4.98 Å². The van der Waals surface area contributed by atoms with Gasteiger partial charge in [-0.1, -0.05) is 66.2 Å². The van der Waals surface area contributed by atoms with E-state index in [2.05, 4.69) is 25.6 Å². The molecule has 0 aliphatic rings. The molecule has 7 heteroatoms. The van der Waals surface area contributed by atoms with E-state index in [4.69, 9.17) is 16.6 Å². The second kappa shape index (κ2) is 10.0. The number of halogens is 1. The largest absolute Gasteiger partial charge is 0.378 e. The number of rotatable bonds is 7. The van der Waals surface area contributed by atoms with Crippen LogP contribution in [0.2, 0.25) is 5.02 Å². The fraction of sp³-hybridized carbons (Fsp3) is 0.120. The Morgan fingerprint density at radius 1 is 0.938 bits per heavy atom. The number of hydrazone groups is 1. The molecule has 4 rings (SSSR count). The van der Waals surface area contributed by atoms with Crippen LogP contribution in [0.25, 0.3) is 11.4 Å². The second-order valence-electron chi connectivity index (χ2n) is 7.46. The van der Waals surface area contributed by atoms with E-state index < -0.39 is 0 Å². The molecule has 0 spiro atoms. The molecule has 3 aromatic carbocycles. The molecule has 0 unspecified atom stereocenters. The topological polar surface area (TPSA) is 66.3 Å². The van der Waals surface area contributed by atoms with Crippen molar-refractivity contribution in [2.24, 2.45) is 5.10 Å². The molecule has 4 aromatic rings. The zero-order valence-corrected chi connectivity index (χ0v) is 18.7. The molecule has 0 saturated carbocycles. The minimum atomic E-state index is 0.505. The first kappa shape index (κ1) is 21.5. The molecule has 0 aliphatic heterocycles. The van der Waals surface area contributed by atoms with Crippen molar-refractivity contribution in [3.8, 4) is 11.4 Å². The van der Waals surface area contributed by atoms with Crippen molar-refractivity contribution >= 4 is 29.3 Å². The third-order valence-corrected chi connectivity index (χ3v) is 5.08. The monoisotopic (exact) mass is 442 g/mol. The lowest BCUT2D eigenvalue weighted by Gasteiger charge is -2.11. The van der Waals surface area contributed by atoms with Gasteiger partial charge in [0.1, 0.15) is 0 Å². The minimum Gasteiger partial charge on any atom is -0.378 e. The molecule has 0 aliphatic carbocycles. The maximum Gasteiger partial charge on any atom is 0.191 e. The predicted molar refractivity (Wildman–Crippen MR) is 132 cm³/mol. The van der Waals surface area contributed by atoms with Crippen molar-refractivity contribution in [1.82, 2.24) is 15.2 Å². The summed E-state index contributed by atoms with van der Waals surface area (Å²) in [6.07, 6.45) is 2.29. The second-order valence-corrected chi connectivity index (χ2v) is 7.90. The predicted octanol–water partition coefficient (Wildman–Crippen LogP) is 5.29. The molecule has 0 bridgehead atoms. The molecule has 32 heavy (non-hydrogen) atoms. The van der Waals surface area contributed by atoms with Crippen molar-refractivity contribution in [3.05, 3.63) is 101 Å². The summed E-state index contributed by atoms with van der Waals surface area (Å²) in [5.41, 5.74) is 7.78. The van der Waals surface area contributed by atoms with Gasteiger partial charge in [-0.05, 0) is 35.4 Å². The molecule has 1 N–H and O–H groups in total. The van der Waals surface area contributed by atoms with Gasteiger partial charge in [0, 0.05) is 36.8 Å². The molecule has 0 fully saturated rings. The van der Waals surface area contributed by atoms with Gasteiger partial charge in [0.05, 0.1) is 11.9 Å². The third-order valence-electron chi connectivity index (χ3n) is 4.85. The van der Waals surface area contributed by atoms with Crippen LogP contribution in [0.15, 0.2) is 84.0 Å². The van der Waals surface area contributed by atoms with E-state index >= 15 is 0 Å². The Bertz CT molecular complexity index is 1210. The number of hydrogen-bond acceptors (Lipinski definition) is 6. The molecule has 1 aromatic heterocycles. The van der Waals surface area contributed by atoms with Gasteiger partial charge in [0.2, 0.25) is 0 Å². The zero-order chi connectivity index (χ0) is 22.3. The molecule has 0 amide bonds. The van der Waals surface area contributed by atoms with E-state index in [1.54, 1.807) is 6.21 Å². The lowest BCUT2D eigenvalue weighted by atomic mass is 10.1. The van der Waals surface area contributed by atoms with Crippen molar-refractivity contribution in [2.45, 2.75) is 6.42 Å². The van der Waals surface area contributed by atoms with Crippen molar-refractivity contribution in [2.75, 3.05) is 24.4 Å². The van der Waals surface area contributed by atoms with Crippen molar-refractivity contribution in [1.29, 1.82) is 0 Å². The van der Waals surface area contributed by atoms with E-state index in [0.29, 0.717) is 23.1 Å². The molecule has 160 valence electrons. The Morgan fingerprint density at radius 2 is 1.72 bits per heavy atom. The summed E-state index contributed by atoms with van der Waals surface area (Å²) in [4.78, 5) is 6.82. The summed E-state index contributed by atoms with van der Waals surface area (Å²) < 4.78 is 0. The normalized spacial score (nSPS) is 11.0. The van der Waals surface area contributed by atoms with Crippen LogP contribution in [0.4, 0.5) is 11.5 Å². The van der Waals surface area contributed by atoms with Gasteiger partial charge >= 0.3 is 0 Å². The standard InChI is InChI=1S/C25H23ClN6/c1-32(2)22-13-11-18(12-14-22)17-27-29-25-23(16-19-7-6-10-21(26)15-19)28-24(30-31-25)20-8-4-3-5-9-20/h3-15,17H,16H2,1-2H3,(H,29,31)/b27-17+. The Balaban J connectivity index is 1.59. The SMILES string of the molecule is CN(C)c1ccc(/C=N/Nc2nnc(-c3ccccc3)nc2Cc2cccc(Cl)c2)cc1. The first-order valence-electron chi connectivity index (χ1n) is 10.2. The van der Waals surface area contributed by atoms with Crippen molar-refractivity contribution < 1.29 is 0 Å². The molecular formula is C25H23ClN6. The Hall–Kier alpha value is -3.77. The highest BCUT2D eigenvalue weighted by Crippen LogP contribution is 2.21. The van der Waals surface area contributed by atoms with E-state index in [0.717, 1.165) is 28.1 Å². The number of aromatic nitrogens is 3. The van der Waals surface area contributed by atoms with E-state index in [9.17, 15) is 0 Å². The van der Waals surface area contributed by atoms with Crippen LogP contribution in [0.3, 0.4) is 0 Å². The van der Waals surface area contributed by atoms with Crippen LogP contribution >= 0.6 is 11.6 Å². The Morgan fingerprint density at radius 3 is 2.44 bits per heavy atom. The van der Waals surface area contributed by atoms with Crippen LogP contribution in [-0.2, 0) is 6.42 Å². The maximum atomic E-state index is 6.17. The van der Waals surface area contributed by atoms with Crippen LogP contribution in [0.5, 0.6) is 0 Å². The van der Waals surface area contributed by atoms with Gasteiger partial charge in [0.15, 0.2) is 11.6 Å². The van der Waals surface area contributed by atoms with Crippen molar-refractivity contribution in [3.63, 3.8) is 0 Å². The highest BCUT2D eigenvalue weighted by atomic mass is 35.5. The first-order chi connectivity index (χ1) is 15.6. The number of nitrogens with zero attached hydrogens (tertiary/aromatic N) is 5. The number of nitrogens with one attached hydrogen (secondary N) is 1. The van der Waals surface area contributed by atoms with Gasteiger partial charge in [-0.2, -0.15) is 5.10 Å². The van der Waals surface area contributed by atoms with E-state index in [1.807, 2.05) is 93.0 Å². The zero-order valence-electron chi connectivity index (χ0n) is 17.9. The maximum absolute atomic E-state index is 6.17. The molecule has 1 heterocycles. The average molecular weight is 443 g/mol. The highest BCUT2D eigenvalue weighted by molar-refractivity contribution is 6.30. The highest BCUT2D eigenvalue weighted by Gasteiger charge is 2.11. The number of hydrogen-bond donors (Lipinski definition) is 1. The van der Waals surface area contributed by atoms with Gasteiger partial charge in [0.25, 0.3) is 0 Å². The lowest BCUT2D eigenvalue weighted by Crippen LogP contribution is -2.08. The summed E-state index contributed by atoms with van der Waals surface area (Å²) >= 11 is 6.17. The fourth-order valence-corrected chi connectivity index (χ4v) is 3.36. The lowest BCUT2D eigenvalue weighted by molar-refractivity contribution is 0.920. The van der Waals surface area contributed by atoms with Crippen LogP contribution in [0.1, 0.15) is 16.8 Å². The third kappa shape index (κ3) is 5.47. The van der Waals surface area contributed by atoms with Crippen LogP contribution in [-0.4, -0.2) is 35.5 Å². The molecule has 0 radical (unpaired) electrons.